The van der Waals surface area contributed by atoms with Gasteiger partial charge in [0, 0.05) is 5.46 Å². The second-order valence-corrected chi connectivity index (χ2v) is 10.4. The molecule has 5 nitrogen and oxygen atoms in total. The van der Waals surface area contributed by atoms with Gasteiger partial charge in [-0.25, -0.2) is 8.42 Å². The number of rotatable bonds is 4. The van der Waals surface area contributed by atoms with Gasteiger partial charge in [0.25, 0.3) is 10.0 Å². The van der Waals surface area contributed by atoms with Gasteiger partial charge in [-0.15, -0.1) is 0 Å². The van der Waals surface area contributed by atoms with E-state index in [9.17, 15) is 8.42 Å². The Morgan fingerprint density at radius 3 is 1.96 bits per heavy atom. The Kier molecular flexibility index (Phi) is 5.53. The Bertz CT molecular complexity index is 991. The van der Waals surface area contributed by atoms with Gasteiger partial charge in [0.15, 0.2) is 0 Å². The summed E-state index contributed by atoms with van der Waals surface area (Å²) in [5.74, 6) is 0. The topological polar surface area (TPSA) is 64.6 Å². The molecule has 0 aromatic heterocycles. The Morgan fingerprint density at radius 2 is 1.43 bits per heavy atom. The van der Waals surface area contributed by atoms with Gasteiger partial charge in [0.2, 0.25) is 0 Å². The van der Waals surface area contributed by atoms with Crippen molar-refractivity contribution in [2.45, 2.75) is 50.7 Å². The maximum Gasteiger partial charge on any atom is 0.497 e. The minimum absolute atomic E-state index is 0.143. The highest BCUT2D eigenvalue weighted by molar-refractivity contribution is 7.92. The number of anilines is 1. The standard InChI is InChI=1S/C19H22BCl2NO4S/c1-12-6-8-13(9-7-12)28(24,25)23-17-11-16(22)15(21)10-14(17)20-26-18(2,3)19(4,5)27-20/h6-11,23H,1-5H3. The smallest absolute Gasteiger partial charge is 0.399 e. The maximum absolute atomic E-state index is 12.9. The number of aryl methyl sites for hydroxylation is 1. The largest absolute Gasteiger partial charge is 0.497 e. The molecular weight excluding hydrogens is 420 g/mol. The van der Waals surface area contributed by atoms with Gasteiger partial charge in [0.05, 0.1) is 31.8 Å². The van der Waals surface area contributed by atoms with Crippen LogP contribution in [0.4, 0.5) is 5.69 Å². The molecule has 2 aromatic rings. The number of sulfonamides is 1. The first kappa shape index (κ1) is 21.5. The average Bonchev–Trinajstić information content (AvgIpc) is 2.78. The van der Waals surface area contributed by atoms with Gasteiger partial charge in [-0.2, -0.15) is 0 Å². The van der Waals surface area contributed by atoms with E-state index in [1.165, 1.54) is 6.07 Å². The SMILES string of the molecule is Cc1ccc(S(=O)(=O)Nc2cc(Cl)c(Cl)cc2B2OC(C)(C)C(C)(C)O2)cc1. The minimum Gasteiger partial charge on any atom is -0.399 e. The minimum atomic E-state index is -3.83. The Labute approximate surface area is 176 Å². The molecule has 1 aliphatic rings. The van der Waals surface area contributed by atoms with Crippen LogP contribution in [0.5, 0.6) is 0 Å². The lowest BCUT2D eigenvalue weighted by atomic mass is 9.78. The van der Waals surface area contributed by atoms with Crippen molar-refractivity contribution in [1.29, 1.82) is 0 Å². The van der Waals surface area contributed by atoms with Crippen LogP contribution in [-0.2, 0) is 19.3 Å². The lowest BCUT2D eigenvalue weighted by Gasteiger charge is -2.32. The highest BCUT2D eigenvalue weighted by Crippen LogP contribution is 2.38. The van der Waals surface area contributed by atoms with Crippen molar-refractivity contribution in [2.75, 3.05) is 4.72 Å². The van der Waals surface area contributed by atoms with Crippen molar-refractivity contribution in [3.63, 3.8) is 0 Å². The molecule has 1 N–H and O–H groups in total. The van der Waals surface area contributed by atoms with Crippen molar-refractivity contribution in [2.24, 2.45) is 0 Å². The van der Waals surface area contributed by atoms with Crippen molar-refractivity contribution in [3.05, 3.63) is 52.0 Å². The van der Waals surface area contributed by atoms with Gasteiger partial charge in [-0.1, -0.05) is 40.9 Å². The van der Waals surface area contributed by atoms with E-state index in [2.05, 4.69) is 4.72 Å². The summed E-state index contributed by atoms with van der Waals surface area (Å²) in [6.07, 6.45) is 0. The summed E-state index contributed by atoms with van der Waals surface area (Å²) in [6, 6.07) is 9.60. The molecule has 0 bridgehead atoms. The number of nitrogens with one attached hydrogen (secondary N) is 1. The molecule has 0 spiro atoms. The zero-order valence-electron chi connectivity index (χ0n) is 16.3. The highest BCUT2D eigenvalue weighted by Gasteiger charge is 2.52. The molecule has 28 heavy (non-hydrogen) atoms. The van der Waals surface area contributed by atoms with E-state index in [1.807, 2.05) is 34.6 Å². The van der Waals surface area contributed by atoms with Gasteiger partial charge in [-0.05, 0) is 58.9 Å². The molecule has 150 valence electrons. The van der Waals surface area contributed by atoms with E-state index in [0.717, 1.165) is 5.56 Å². The molecule has 0 amide bonds. The molecule has 1 heterocycles. The molecule has 0 unspecified atom stereocenters. The van der Waals surface area contributed by atoms with E-state index < -0.39 is 28.3 Å². The summed E-state index contributed by atoms with van der Waals surface area (Å²) in [5.41, 5.74) is 0.511. The molecule has 0 aliphatic carbocycles. The van der Waals surface area contributed by atoms with Crippen LogP contribution in [0.25, 0.3) is 0 Å². The third kappa shape index (κ3) is 4.05. The van der Waals surface area contributed by atoms with Crippen LogP contribution in [0.15, 0.2) is 41.3 Å². The quantitative estimate of drug-likeness (QED) is 0.714. The van der Waals surface area contributed by atoms with E-state index in [4.69, 9.17) is 32.5 Å². The normalized spacial score (nSPS) is 18.3. The fraction of sp³-hybridized carbons (Fsp3) is 0.368. The van der Waals surface area contributed by atoms with E-state index in [-0.39, 0.29) is 20.6 Å². The third-order valence-corrected chi connectivity index (χ3v) is 7.28. The second kappa shape index (κ2) is 7.22. The first-order valence-corrected chi connectivity index (χ1v) is 11.0. The zero-order chi connectivity index (χ0) is 20.9. The Hall–Kier alpha value is -1.25. The van der Waals surface area contributed by atoms with Crippen molar-refractivity contribution in [3.8, 4) is 0 Å². The number of hydrogen-bond acceptors (Lipinski definition) is 4. The number of halogens is 2. The van der Waals surface area contributed by atoms with Gasteiger partial charge in [0.1, 0.15) is 0 Å². The third-order valence-electron chi connectivity index (χ3n) is 5.18. The van der Waals surface area contributed by atoms with Crippen LogP contribution >= 0.6 is 23.2 Å². The van der Waals surface area contributed by atoms with Crippen molar-refractivity contribution in [1.82, 2.24) is 0 Å². The molecule has 1 saturated heterocycles. The summed E-state index contributed by atoms with van der Waals surface area (Å²) in [7, 11) is -4.63. The molecule has 0 atom stereocenters. The summed E-state index contributed by atoms with van der Waals surface area (Å²) in [5, 5.41) is 0.508. The summed E-state index contributed by atoms with van der Waals surface area (Å²) in [6.45, 7) is 9.56. The first-order chi connectivity index (χ1) is 12.8. The highest BCUT2D eigenvalue weighted by atomic mass is 35.5. The molecule has 0 radical (unpaired) electrons. The Balaban J connectivity index is 2.02. The molecule has 1 fully saturated rings. The average molecular weight is 442 g/mol. The summed E-state index contributed by atoms with van der Waals surface area (Å²) < 4.78 is 40.4. The lowest BCUT2D eigenvalue weighted by Crippen LogP contribution is -2.41. The van der Waals surface area contributed by atoms with Gasteiger partial charge in [-0.3, -0.25) is 4.72 Å². The van der Waals surface area contributed by atoms with Crippen LogP contribution < -0.4 is 10.2 Å². The van der Waals surface area contributed by atoms with Crippen LogP contribution in [0, 0.1) is 6.92 Å². The summed E-state index contributed by atoms with van der Waals surface area (Å²) >= 11 is 12.3. The van der Waals surface area contributed by atoms with E-state index in [1.54, 1.807) is 30.3 Å². The van der Waals surface area contributed by atoms with Crippen LogP contribution in [0.2, 0.25) is 10.0 Å². The van der Waals surface area contributed by atoms with Crippen molar-refractivity contribution >= 4 is 51.5 Å². The van der Waals surface area contributed by atoms with E-state index >= 15 is 0 Å². The van der Waals surface area contributed by atoms with Crippen molar-refractivity contribution < 1.29 is 17.7 Å². The molecule has 9 heteroatoms. The number of benzene rings is 2. The summed E-state index contributed by atoms with van der Waals surface area (Å²) in [4.78, 5) is 0.143. The monoisotopic (exact) mass is 441 g/mol. The molecular formula is C19H22BCl2NO4S. The van der Waals surface area contributed by atoms with E-state index in [0.29, 0.717) is 5.46 Å². The fourth-order valence-corrected chi connectivity index (χ4v) is 4.15. The lowest BCUT2D eigenvalue weighted by molar-refractivity contribution is 0.00578. The van der Waals surface area contributed by atoms with Gasteiger partial charge >= 0.3 is 7.12 Å². The molecule has 3 rings (SSSR count). The predicted octanol–water partition coefficient (Wildman–Crippen LogP) is 4.40. The number of hydrogen-bond donors (Lipinski definition) is 1. The molecule has 2 aromatic carbocycles. The predicted molar refractivity (Wildman–Crippen MR) is 114 cm³/mol. The van der Waals surface area contributed by atoms with Crippen LogP contribution in [-0.4, -0.2) is 26.7 Å². The van der Waals surface area contributed by atoms with Gasteiger partial charge < -0.3 is 9.31 Å². The second-order valence-electron chi connectivity index (χ2n) is 7.86. The first-order valence-electron chi connectivity index (χ1n) is 8.76. The zero-order valence-corrected chi connectivity index (χ0v) is 18.7. The fourth-order valence-electron chi connectivity index (χ4n) is 2.74. The molecule has 1 aliphatic heterocycles. The van der Waals surface area contributed by atoms with Crippen LogP contribution in [0.1, 0.15) is 33.3 Å². The molecule has 0 saturated carbocycles. The maximum atomic E-state index is 12.9. The Morgan fingerprint density at radius 1 is 0.929 bits per heavy atom. The van der Waals surface area contributed by atoms with Crippen LogP contribution in [0.3, 0.4) is 0 Å².